The summed E-state index contributed by atoms with van der Waals surface area (Å²) in [7, 11) is 0. The summed E-state index contributed by atoms with van der Waals surface area (Å²) in [5.74, 6) is 0.612. The van der Waals surface area contributed by atoms with Gasteiger partial charge in [0.2, 0.25) is 5.78 Å². The van der Waals surface area contributed by atoms with Crippen LogP contribution in [0.1, 0.15) is 58.6 Å². The summed E-state index contributed by atoms with van der Waals surface area (Å²) in [5.41, 5.74) is 2.83. The SMILES string of the molecule is CCC(CC)NCCc1ccc(Oc2c(C(=O)c3c(C)cc(F)cc3C)sc3cc(O)ccc23)cc1. The number of carbonyl (C=O) groups excluding carboxylic acids is 1. The molecule has 3 aromatic carbocycles. The van der Waals surface area contributed by atoms with Crippen LogP contribution in [0.3, 0.4) is 0 Å². The third-order valence-electron chi connectivity index (χ3n) is 6.53. The van der Waals surface area contributed by atoms with Crippen LogP contribution in [0.2, 0.25) is 0 Å². The number of nitrogens with one attached hydrogen (secondary N) is 1. The Hall–Kier alpha value is -3.22. The molecule has 4 nitrogen and oxygen atoms in total. The number of phenols is 1. The van der Waals surface area contributed by atoms with Crippen molar-refractivity contribution in [1.82, 2.24) is 5.32 Å². The molecule has 0 amide bonds. The Labute approximate surface area is 215 Å². The van der Waals surface area contributed by atoms with Gasteiger partial charge in [0.25, 0.3) is 0 Å². The molecule has 0 saturated heterocycles. The van der Waals surface area contributed by atoms with Crippen molar-refractivity contribution in [3.8, 4) is 17.2 Å². The molecule has 0 unspecified atom stereocenters. The van der Waals surface area contributed by atoms with Crippen molar-refractivity contribution >= 4 is 27.2 Å². The average Bonchev–Trinajstić information content (AvgIpc) is 3.19. The van der Waals surface area contributed by atoms with Crippen LogP contribution in [0.15, 0.2) is 54.6 Å². The van der Waals surface area contributed by atoms with Gasteiger partial charge in [0.1, 0.15) is 22.2 Å². The number of halogens is 1. The standard InChI is InChI=1S/C30H32FNO3S/c1-5-22(6-2)32-14-13-20-7-10-24(11-8-20)35-29-25-12-9-23(33)17-26(25)36-30(29)28(34)27-18(3)15-21(31)16-19(27)4/h7-12,15-17,22,32-33H,5-6,13-14H2,1-4H3. The highest BCUT2D eigenvalue weighted by atomic mass is 32.1. The summed E-state index contributed by atoms with van der Waals surface area (Å²) in [5, 5.41) is 14.3. The molecular formula is C30H32FNO3S. The molecule has 0 saturated carbocycles. The first kappa shape index (κ1) is 25.9. The Kier molecular flexibility index (Phi) is 8.07. The lowest BCUT2D eigenvalue weighted by Gasteiger charge is -2.14. The molecule has 1 aromatic heterocycles. The topological polar surface area (TPSA) is 58.6 Å². The Morgan fingerprint density at radius 1 is 1.03 bits per heavy atom. The third-order valence-corrected chi connectivity index (χ3v) is 7.67. The van der Waals surface area contributed by atoms with E-state index < -0.39 is 0 Å². The highest BCUT2D eigenvalue weighted by Gasteiger charge is 2.25. The van der Waals surface area contributed by atoms with Gasteiger partial charge in [-0.1, -0.05) is 26.0 Å². The van der Waals surface area contributed by atoms with Gasteiger partial charge in [0, 0.05) is 21.7 Å². The largest absolute Gasteiger partial charge is 0.508 e. The summed E-state index contributed by atoms with van der Waals surface area (Å²) in [4.78, 5) is 14.1. The number of ketones is 1. The first-order chi connectivity index (χ1) is 17.3. The second-order valence-corrected chi connectivity index (χ2v) is 10.2. The maximum absolute atomic E-state index is 13.9. The number of rotatable bonds is 10. The lowest BCUT2D eigenvalue weighted by Crippen LogP contribution is -2.29. The van der Waals surface area contributed by atoms with Crippen molar-refractivity contribution in [2.45, 2.75) is 53.0 Å². The minimum atomic E-state index is -0.366. The number of aryl methyl sites for hydroxylation is 2. The molecule has 0 aliphatic carbocycles. The van der Waals surface area contributed by atoms with E-state index in [9.17, 15) is 14.3 Å². The fraction of sp³-hybridized carbons (Fsp3) is 0.300. The molecule has 0 fully saturated rings. The number of ether oxygens (including phenoxy) is 1. The van der Waals surface area contributed by atoms with Crippen LogP contribution in [0.4, 0.5) is 4.39 Å². The highest BCUT2D eigenvalue weighted by Crippen LogP contribution is 2.43. The molecule has 1 heterocycles. The number of benzene rings is 3. The zero-order valence-corrected chi connectivity index (χ0v) is 22.0. The molecule has 0 aliphatic rings. The number of hydrogen-bond acceptors (Lipinski definition) is 5. The van der Waals surface area contributed by atoms with E-state index in [1.54, 1.807) is 32.0 Å². The Bertz CT molecular complexity index is 1350. The highest BCUT2D eigenvalue weighted by molar-refractivity contribution is 7.21. The summed E-state index contributed by atoms with van der Waals surface area (Å²) in [6.07, 6.45) is 3.16. The van der Waals surface area contributed by atoms with Gasteiger partial charge < -0.3 is 15.2 Å². The van der Waals surface area contributed by atoms with E-state index in [4.69, 9.17) is 4.74 Å². The summed E-state index contributed by atoms with van der Waals surface area (Å²) in [6.45, 7) is 8.78. The van der Waals surface area contributed by atoms with Gasteiger partial charge in [-0.05, 0) is 98.8 Å². The second-order valence-electron chi connectivity index (χ2n) is 9.15. The molecule has 36 heavy (non-hydrogen) atoms. The van der Waals surface area contributed by atoms with Crippen molar-refractivity contribution in [2.24, 2.45) is 0 Å². The zero-order chi connectivity index (χ0) is 25.8. The lowest BCUT2D eigenvalue weighted by molar-refractivity contribution is 0.103. The van der Waals surface area contributed by atoms with Crippen LogP contribution in [0.25, 0.3) is 10.1 Å². The van der Waals surface area contributed by atoms with Crippen LogP contribution in [0.5, 0.6) is 17.2 Å². The van der Waals surface area contributed by atoms with Gasteiger partial charge >= 0.3 is 0 Å². The lowest BCUT2D eigenvalue weighted by atomic mass is 9.97. The first-order valence-electron chi connectivity index (χ1n) is 12.4. The molecule has 0 atom stereocenters. The average molecular weight is 506 g/mol. The van der Waals surface area contributed by atoms with Crippen LogP contribution >= 0.6 is 11.3 Å². The fourth-order valence-electron chi connectivity index (χ4n) is 4.53. The minimum Gasteiger partial charge on any atom is -0.508 e. The second kappa shape index (κ2) is 11.2. The van der Waals surface area contributed by atoms with Crippen molar-refractivity contribution < 1.29 is 19.0 Å². The van der Waals surface area contributed by atoms with Gasteiger partial charge in [-0.25, -0.2) is 4.39 Å². The predicted molar refractivity (Wildman–Crippen MR) is 145 cm³/mol. The van der Waals surface area contributed by atoms with E-state index in [2.05, 4.69) is 19.2 Å². The van der Waals surface area contributed by atoms with Gasteiger partial charge in [0.05, 0.1) is 0 Å². The third kappa shape index (κ3) is 5.61. The zero-order valence-electron chi connectivity index (χ0n) is 21.2. The number of thiophene rings is 1. The van der Waals surface area contributed by atoms with Crippen molar-refractivity contribution in [1.29, 1.82) is 0 Å². The Morgan fingerprint density at radius 2 is 1.69 bits per heavy atom. The fourth-order valence-corrected chi connectivity index (χ4v) is 5.64. The molecule has 4 rings (SSSR count). The molecule has 0 radical (unpaired) electrons. The minimum absolute atomic E-state index is 0.120. The van der Waals surface area contributed by atoms with E-state index in [0.29, 0.717) is 39.1 Å². The smallest absolute Gasteiger partial charge is 0.207 e. The van der Waals surface area contributed by atoms with Crippen LogP contribution in [0, 0.1) is 19.7 Å². The monoisotopic (exact) mass is 505 g/mol. The van der Waals surface area contributed by atoms with Gasteiger partial charge in [-0.15, -0.1) is 11.3 Å². The Morgan fingerprint density at radius 3 is 2.33 bits per heavy atom. The number of phenolic OH excluding ortho intramolecular Hbond substituents is 1. The predicted octanol–water partition coefficient (Wildman–Crippen LogP) is 7.71. The van der Waals surface area contributed by atoms with Gasteiger partial charge in [0.15, 0.2) is 5.75 Å². The van der Waals surface area contributed by atoms with E-state index in [1.165, 1.54) is 29.0 Å². The van der Waals surface area contributed by atoms with Crippen LogP contribution < -0.4 is 10.1 Å². The number of aromatic hydroxyl groups is 1. The Balaban J connectivity index is 1.63. The van der Waals surface area contributed by atoms with Crippen molar-refractivity contribution in [3.63, 3.8) is 0 Å². The van der Waals surface area contributed by atoms with E-state index in [0.717, 1.165) is 35.9 Å². The van der Waals surface area contributed by atoms with E-state index in [-0.39, 0.29) is 17.3 Å². The molecule has 4 aromatic rings. The first-order valence-corrected chi connectivity index (χ1v) is 13.2. The van der Waals surface area contributed by atoms with E-state index in [1.807, 2.05) is 24.3 Å². The maximum Gasteiger partial charge on any atom is 0.207 e. The normalized spacial score (nSPS) is 11.4. The molecule has 0 bridgehead atoms. The number of carbonyl (C=O) groups is 1. The van der Waals surface area contributed by atoms with Crippen LogP contribution in [-0.4, -0.2) is 23.5 Å². The molecule has 0 aliphatic heterocycles. The quantitative estimate of drug-likeness (QED) is 0.217. The summed E-state index contributed by atoms with van der Waals surface area (Å²) >= 11 is 1.27. The molecule has 188 valence electrons. The number of fused-ring (bicyclic) bond motifs is 1. The van der Waals surface area contributed by atoms with Gasteiger partial charge in [-0.2, -0.15) is 0 Å². The summed E-state index contributed by atoms with van der Waals surface area (Å²) < 4.78 is 20.9. The summed E-state index contributed by atoms with van der Waals surface area (Å²) in [6, 6.07) is 16.2. The van der Waals surface area contributed by atoms with Crippen LogP contribution in [-0.2, 0) is 6.42 Å². The van der Waals surface area contributed by atoms with E-state index >= 15 is 0 Å². The van der Waals surface area contributed by atoms with Crippen molar-refractivity contribution in [2.75, 3.05) is 6.54 Å². The molecule has 2 N–H and O–H groups in total. The van der Waals surface area contributed by atoms with Gasteiger partial charge in [-0.3, -0.25) is 4.79 Å². The molecule has 0 spiro atoms. The molecule has 6 heteroatoms. The van der Waals surface area contributed by atoms with Crippen molar-refractivity contribution in [3.05, 3.63) is 87.5 Å². The molecular weight excluding hydrogens is 473 g/mol. The maximum atomic E-state index is 13.9. The number of hydrogen-bond donors (Lipinski definition) is 2.